The second kappa shape index (κ2) is 10.1. The number of nitriles is 1. The van der Waals surface area contributed by atoms with E-state index in [1.54, 1.807) is 59.1 Å². The van der Waals surface area contributed by atoms with Gasteiger partial charge in [0.05, 0.1) is 27.6 Å². The molecular weight excluding hydrogens is 468 g/mol. The lowest BCUT2D eigenvalue weighted by atomic mass is 10.2. The maximum Gasteiger partial charge on any atom is 0.338 e. The number of ether oxygens (including phenoxy) is 1. The molecule has 0 saturated carbocycles. The van der Waals surface area contributed by atoms with Crippen molar-refractivity contribution in [3.8, 4) is 6.07 Å². The summed E-state index contributed by atoms with van der Waals surface area (Å²) in [7, 11) is 3.59. The standard InChI is InChI=1S/C25H22N4O3S2/c1-16-27-18(14-33-16)15-34-19-10-8-17(9-11-19)25(31)32-13-23(30)20(12-26)24-28(2)21-6-4-5-7-22(21)29(24)3/h4-11,14H,13,15H2,1-3H3. The molecule has 0 unspecified atom stereocenters. The molecule has 0 bridgehead atoms. The number of benzene rings is 2. The number of Topliss-reactive ketones (excluding diaryl/α,β-unsaturated/α-hetero) is 1. The van der Waals surface area contributed by atoms with Crippen molar-refractivity contribution in [2.45, 2.75) is 17.6 Å². The lowest BCUT2D eigenvalue weighted by Crippen LogP contribution is -2.27. The summed E-state index contributed by atoms with van der Waals surface area (Å²) in [6, 6.07) is 16.6. The lowest BCUT2D eigenvalue weighted by Gasteiger charge is -2.19. The Bertz CT molecular complexity index is 1280. The van der Waals surface area contributed by atoms with Gasteiger partial charge in [0, 0.05) is 30.1 Å². The second-order valence-electron chi connectivity index (χ2n) is 7.59. The summed E-state index contributed by atoms with van der Waals surface area (Å²) < 4.78 is 5.23. The highest BCUT2D eigenvalue weighted by Gasteiger charge is 2.31. The molecule has 7 nitrogen and oxygen atoms in total. The molecule has 0 amide bonds. The number of esters is 1. The van der Waals surface area contributed by atoms with Crippen LogP contribution in [0.4, 0.5) is 11.4 Å². The summed E-state index contributed by atoms with van der Waals surface area (Å²) in [4.78, 5) is 34.3. The smallest absolute Gasteiger partial charge is 0.338 e. The van der Waals surface area contributed by atoms with Crippen molar-refractivity contribution in [1.82, 2.24) is 4.98 Å². The molecule has 3 aromatic rings. The molecule has 1 aliphatic heterocycles. The monoisotopic (exact) mass is 490 g/mol. The highest BCUT2D eigenvalue weighted by Crippen LogP contribution is 2.40. The fraction of sp³-hybridized carbons (Fsp3) is 0.200. The average Bonchev–Trinajstić information content (AvgIpc) is 3.38. The number of aromatic nitrogens is 1. The molecule has 0 aliphatic carbocycles. The number of fused-ring (bicyclic) bond motifs is 1. The van der Waals surface area contributed by atoms with Gasteiger partial charge in [-0.05, 0) is 43.3 Å². The number of ketones is 1. The fourth-order valence-corrected chi connectivity index (χ4v) is 5.17. The Balaban J connectivity index is 1.38. The van der Waals surface area contributed by atoms with E-state index in [1.807, 2.05) is 54.8 Å². The summed E-state index contributed by atoms with van der Waals surface area (Å²) >= 11 is 3.25. The molecule has 4 rings (SSSR count). The van der Waals surface area contributed by atoms with Gasteiger partial charge in [-0.25, -0.2) is 9.78 Å². The number of anilines is 2. The molecule has 0 saturated heterocycles. The zero-order valence-electron chi connectivity index (χ0n) is 18.9. The van der Waals surface area contributed by atoms with Gasteiger partial charge in [-0.1, -0.05) is 12.1 Å². The van der Waals surface area contributed by atoms with Crippen LogP contribution in [0, 0.1) is 18.3 Å². The first-order chi connectivity index (χ1) is 16.4. The molecule has 0 radical (unpaired) electrons. The Morgan fingerprint density at radius 3 is 2.29 bits per heavy atom. The van der Waals surface area contributed by atoms with E-state index in [2.05, 4.69) is 4.98 Å². The van der Waals surface area contributed by atoms with Crippen LogP contribution < -0.4 is 9.80 Å². The van der Waals surface area contributed by atoms with Crippen LogP contribution in [0.2, 0.25) is 0 Å². The summed E-state index contributed by atoms with van der Waals surface area (Å²) in [5.41, 5.74) is 3.09. The predicted octanol–water partition coefficient (Wildman–Crippen LogP) is 4.79. The van der Waals surface area contributed by atoms with Crippen LogP contribution in [-0.4, -0.2) is 37.4 Å². The van der Waals surface area contributed by atoms with Crippen molar-refractivity contribution in [1.29, 1.82) is 5.26 Å². The normalized spacial score (nSPS) is 12.4. The quantitative estimate of drug-likeness (QED) is 0.202. The van der Waals surface area contributed by atoms with E-state index in [4.69, 9.17) is 4.74 Å². The Morgan fingerprint density at radius 1 is 1.09 bits per heavy atom. The van der Waals surface area contributed by atoms with Crippen molar-refractivity contribution >= 4 is 46.2 Å². The number of hydrogen-bond acceptors (Lipinski definition) is 9. The third-order valence-electron chi connectivity index (χ3n) is 5.33. The molecule has 0 N–H and O–H groups in total. The Hall–Kier alpha value is -3.61. The van der Waals surface area contributed by atoms with Gasteiger partial charge in [-0.15, -0.1) is 23.1 Å². The molecule has 172 valence electrons. The Kier molecular flexibility index (Phi) is 7.01. The van der Waals surface area contributed by atoms with E-state index in [0.717, 1.165) is 32.7 Å². The van der Waals surface area contributed by atoms with Crippen molar-refractivity contribution in [2.24, 2.45) is 0 Å². The highest BCUT2D eigenvalue weighted by atomic mass is 32.2. The van der Waals surface area contributed by atoms with Crippen LogP contribution >= 0.6 is 23.1 Å². The van der Waals surface area contributed by atoms with Gasteiger partial charge in [-0.2, -0.15) is 5.26 Å². The number of rotatable bonds is 7. The van der Waals surface area contributed by atoms with Gasteiger partial charge in [0.1, 0.15) is 17.5 Å². The van der Waals surface area contributed by atoms with Gasteiger partial charge in [0.15, 0.2) is 6.61 Å². The largest absolute Gasteiger partial charge is 0.454 e. The lowest BCUT2D eigenvalue weighted by molar-refractivity contribution is -0.118. The molecule has 0 fully saturated rings. The zero-order valence-corrected chi connectivity index (χ0v) is 20.6. The van der Waals surface area contributed by atoms with Gasteiger partial charge in [0.25, 0.3) is 0 Å². The van der Waals surface area contributed by atoms with Crippen molar-refractivity contribution in [3.63, 3.8) is 0 Å². The van der Waals surface area contributed by atoms with Gasteiger partial charge in [-0.3, -0.25) is 4.79 Å². The van der Waals surface area contributed by atoms with Crippen LogP contribution in [0.1, 0.15) is 21.1 Å². The van der Waals surface area contributed by atoms with Gasteiger partial charge in [0.2, 0.25) is 5.78 Å². The number of aryl methyl sites for hydroxylation is 1. The number of thiazole rings is 1. The van der Waals surface area contributed by atoms with E-state index < -0.39 is 18.4 Å². The Labute approximate surface area is 206 Å². The highest BCUT2D eigenvalue weighted by molar-refractivity contribution is 7.98. The topological polar surface area (TPSA) is 86.5 Å². The van der Waals surface area contributed by atoms with Crippen LogP contribution in [0.5, 0.6) is 0 Å². The van der Waals surface area contributed by atoms with Crippen molar-refractivity contribution < 1.29 is 14.3 Å². The summed E-state index contributed by atoms with van der Waals surface area (Å²) in [5, 5.41) is 12.8. The zero-order chi connectivity index (χ0) is 24.2. The number of carbonyl (C=O) groups is 2. The summed E-state index contributed by atoms with van der Waals surface area (Å²) in [6.07, 6.45) is 0. The van der Waals surface area contributed by atoms with Crippen molar-refractivity contribution in [2.75, 3.05) is 30.5 Å². The summed E-state index contributed by atoms with van der Waals surface area (Å²) in [5.74, 6) is 0.0457. The van der Waals surface area contributed by atoms with Gasteiger partial charge >= 0.3 is 5.97 Å². The molecular formula is C25H22N4O3S2. The Morgan fingerprint density at radius 2 is 1.74 bits per heavy atom. The van der Waals surface area contributed by atoms with E-state index in [1.165, 1.54) is 0 Å². The molecule has 9 heteroatoms. The molecule has 2 aromatic carbocycles. The van der Waals surface area contributed by atoms with E-state index >= 15 is 0 Å². The number of nitrogens with zero attached hydrogens (tertiary/aromatic N) is 4. The molecule has 1 aromatic heterocycles. The third-order valence-corrected chi connectivity index (χ3v) is 7.20. The predicted molar refractivity (Wildman–Crippen MR) is 134 cm³/mol. The number of para-hydroxylation sites is 2. The second-order valence-corrected chi connectivity index (χ2v) is 9.70. The molecule has 1 aliphatic rings. The number of carbonyl (C=O) groups excluding carboxylic acids is 2. The minimum Gasteiger partial charge on any atom is -0.454 e. The van der Waals surface area contributed by atoms with Crippen LogP contribution in [0.15, 0.2) is 70.2 Å². The first kappa shape index (κ1) is 23.5. The van der Waals surface area contributed by atoms with Crippen molar-refractivity contribution in [3.05, 3.63) is 81.6 Å². The first-order valence-corrected chi connectivity index (χ1v) is 12.3. The molecule has 2 heterocycles. The van der Waals surface area contributed by atoms with E-state index in [0.29, 0.717) is 11.4 Å². The third kappa shape index (κ3) is 4.83. The SMILES string of the molecule is Cc1nc(CSc2ccc(C(=O)OCC(=O)C(C#N)=C3N(C)c4ccccc4N3C)cc2)cs1. The maximum atomic E-state index is 12.8. The summed E-state index contributed by atoms with van der Waals surface area (Å²) in [6.45, 7) is 1.46. The minimum atomic E-state index is -0.612. The number of hydrogen-bond donors (Lipinski definition) is 0. The van der Waals surface area contributed by atoms with Crippen LogP contribution in [-0.2, 0) is 15.3 Å². The van der Waals surface area contributed by atoms with Gasteiger partial charge < -0.3 is 14.5 Å². The minimum absolute atomic E-state index is 0.0574. The maximum absolute atomic E-state index is 12.8. The van der Waals surface area contributed by atoms with E-state index in [-0.39, 0.29) is 5.57 Å². The number of thioether (sulfide) groups is 1. The van der Waals surface area contributed by atoms with Crippen LogP contribution in [0.3, 0.4) is 0 Å². The molecule has 0 spiro atoms. The van der Waals surface area contributed by atoms with Crippen LogP contribution in [0.25, 0.3) is 0 Å². The molecule has 34 heavy (non-hydrogen) atoms. The molecule has 0 atom stereocenters. The van der Waals surface area contributed by atoms with E-state index in [9.17, 15) is 14.9 Å². The average molecular weight is 491 g/mol. The first-order valence-electron chi connectivity index (χ1n) is 10.4. The fourth-order valence-electron chi connectivity index (χ4n) is 3.66.